The van der Waals surface area contributed by atoms with E-state index in [9.17, 15) is 4.79 Å². The van der Waals surface area contributed by atoms with Gasteiger partial charge in [0.05, 0.1) is 20.4 Å². The summed E-state index contributed by atoms with van der Waals surface area (Å²) in [6, 6.07) is 8.57. The summed E-state index contributed by atoms with van der Waals surface area (Å²) in [6.07, 6.45) is 1.60. The molecule has 0 bridgehead atoms. The Morgan fingerprint density at radius 1 is 1.36 bits per heavy atom. The second-order valence-corrected chi connectivity index (χ2v) is 5.94. The summed E-state index contributed by atoms with van der Waals surface area (Å²) in [7, 11) is 2.83. The number of rotatable bonds is 7. The molecule has 0 aliphatic rings. The van der Waals surface area contributed by atoms with Gasteiger partial charge in [0.2, 0.25) is 10.5 Å². The normalized spacial score (nSPS) is 11.0. The van der Waals surface area contributed by atoms with E-state index in [1.54, 1.807) is 32.4 Å². The Morgan fingerprint density at radius 2 is 2.18 bits per heavy atom. The molecule has 0 saturated carbocycles. The Bertz CT molecular complexity index is 1070. The minimum Gasteiger partial charge on any atom is -0.493 e. The molecule has 0 unspecified atom stereocenters. The van der Waals surface area contributed by atoms with E-state index in [2.05, 4.69) is 20.0 Å². The minimum absolute atomic E-state index is 0.0857. The number of nitrogens with one attached hydrogen (secondary N) is 1. The summed E-state index contributed by atoms with van der Waals surface area (Å²) < 4.78 is 23.2. The quantitative estimate of drug-likeness (QED) is 0.368. The number of ether oxygens (including phenoxy) is 3. The predicted octanol–water partition coefficient (Wildman–Crippen LogP) is 3.10. The average Bonchev–Trinajstić information content (AvgIpc) is 3.31. The molecular weight excluding hydrogens is 384 g/mol. The zero-order chi connectivity index (χ0) is 20.1. The maximum absolute atomic E-state index is 11.5. The number of aryl methyl sites for hydroxylation is 1. The number of para-hydroxylation sites is 1. The van der Waals surface area contributed by atoms with Gasteiger partial charge in [0.1, 0.15) is 18.2 Å². The molecule has 0 saturated heterocycles. The fourth-order valence-electron chi connectivity index (χ4n) is 2.39. The number of hydrogen-bond acceptors (Lipinski definition) is 8. The summed E-state index contributed by atoms with van der Waals surface area (Å²) in [5.74, 6) is 1.63. The van der Waals surface area contributed by atoms with E-state index >= 15 is 0 Å². The highest BCUT2D eigenvalue weighted by Crippen LogP contribution is 2.31. The lowest BCUT2D eigenvalue weighted by Gasteiger charge is -2.12. The van der Waals surface area contributed by atoms with Gasteiger partial charge in [0.15, 0.2) is 11.5 Å². The van der Waals surface area contributed by atoms with Crippen molar-refractivity contribution in [3.05, 3.63) is 58.0 Å². The minimum atomic E-state index is -0.552. The summed E-state index contributed by atoms with van der Waals surface area (Å²) in [5, 5.41) is 11.0. The first kappa shape index (κ1) is 19.4. The number of H-pyrrole nitrogens is 1. The highest BCUT2D eigenvalue weighted by molar-refractivity contribution is 7.71. The summed E-state index contributed by atoms with van der Waals surface area (Å²) in [5.41, 5.74) is 0.668. The Kier molecular flexibility index (Phi) is 5.90. The Balaban J connectivity index is 1.84. The molecule has 0 aliphatic carbocycles. The van der Waals surface area contributed by atoms with Gasteiger partial charge in [-0.15, -0.1) is 0 Å². The van der Waals surface area contributed by atoms with E-state index in [0.717, 1.165) is 0 Å². The highest BCUT2D eigenvalue weighted by Gasteiger charge is 2.14. The number of nitrogens with zero attached hydrogens (tertiary/aromatic N) is 3. The monoisotopic (exact) mass is 402 g/mol. The number of aromatic nitrogens is 3. The zero-order valence-electron chi connectivity index (χ0n) is 15.5. The molecule has 10 heteroatoms. The molecular formula is C18H18N4O5S. The third-order valence-corrected chi connectivity index (χ3v) is 4.03. The van der Waals surface area contributed by atoms with Crippen LogP contribution in [0.3, 0.4) is 0 Å². The molecule has 0 spiro atoms. The van der Waals surface area contributed by atoms with Crippen LogP contribution in [0.2, 0.25) is 0 Å². The molecule has 1 aromatic carbocycles. The smallest absolute Gasteiger partial charge is 0.373 e. The second kappa shape index (κ2) is 8.53. The predicted molar refractivity (Wildman–Crippen MR) is 103 cm³/mol. The summed E-state index contributed by atoms with van der Waals surface area (Å²) in [4.78, 5) is 11.5. The van der Waals surface area contributed by atoms with Crippen molar-refractivity contribution in [2.24, 2.45) is 5.10 Å². The van der Waals surface area contributed by atoms with E-state index in [0.29, 0.717) is 33.4 Å². The number of furan rings is 1. The Morgan fingerprint density at radius 3 is 2.86 bits per heavy atom. The van der Waals surface area contributed by atoms with E-state index in [4.69, 9.17) is 26.1 Å². The molecule has 2 aromatic heterocycles. The van der Waals surface area contributed by atoms with Crippen LogP contribution in [-0.4, -0.2) is 41.3 Å². The van der Waals surface area contributed by atoms with Gasteiger partial charge in [0.25, 0.3) is 0 Å². The van der Waals surface area contributed by atoms with E-state index in [-0.39, 0.29) is 12.4 Å². The van der Waals surface area contributed by atoms with Crippen molar-refractivity contribution in [1.29, 1.82) is 0 Å². The molecule has 0 amide bonds. The molecule has 0 fully saturated rings. The third kappa shape index (κ3) is 4.12. The topological polar surface area (TPSA) is 104 Å². The number of benzene rings is 1. The number of hydrogen-bond donors (Lipinski definition) is 1. The molecule has 1 N–H and O–H groups in total. The summed E-state index contributed by atoms with van der Waals surface area (Å²) in [6.45, 7) is 1.87. The molecule has 0 radical (unpaired) electrons. The van der Waals surface area contributed by atoms with Crippen molar-refractivity contribution >= 4 is 24.4 Å². The number of carbonyl (C=O) groups excluding carboxylic acids is 1. The van der Waals surface area contributed by atoms with Crippen molar-refractivity contribution in [1.82, 2.24) is 14.9 Å². The van der Waals surface area contributed by atoms with Crippen LogP contribution in [0.15, 0.2) is 39.9 Å². The first-order valence-electron chi connectivity index (χ1n) is 8.18. The van der Waals surface area contributed by atoms with E-state index in [1.165, 1.54) is 17.9 Å². The molecule has 0 aliphatic heterocycles. The van der Waals surface area contributed by atoms with Crippen LogP contribution < -0.4 is 9.47 Å². The van der Waals surface area contributed by atoms with Crippen LogP contribution >= 0.6 is 12.2 Å². The van der Waals surface area contributed by atoms with Crippen molar-refractivity contribution in [2.75, 3.05) is 14.2 Å². The fourth-order valence-corrected chi connectivity index (χ4v) is 2.61. The van der Waals surface area contributed by atoms with Crippen molar-refractivity contribution in [2.45, 2.75) is 13.5 Å². The molecule has 0 atom stereocenters. The lowest BCUT2D eigenvalue weighted by Crippen LogP contribution is -2.02. The van der Waals surface area contributed by atoms with Crippen LogP contribution in [0, 0.1) is 11.7 Å². The SMILES string of the molecule is COC(=O)c1ccc(COc2c(C=Nn3c(C)n[nH]c3=S)cccc2OC)o1. The van der Waals surface area contributed by atoms with Gasteiger partial charge < -0.3 is 18.6 Å². The van der Waals surface area contributed by atoms with E-state index < -0.39 is 5.97 Å². The maximum Gasteiger partial charge on any atom is 0.373 e. The van der Waals surface area contributed by atoms with Gasteiger partial charge in [-0.1, -0.05) is 6.07 Å². The number of methoxy groups -OCH3 is 2. The van der Waals surface area contributed by atoms with Crippen molar-refractivity contribution in [3.63, 3.8) is 0 Å². The number of aromatic amines is 1. The molecule has 9 nitrogen and oxygen atoms in total. The van der Waals surface area contributed by atoms with Crippen LogP contribution in [0.25, 0.3) is 0 Å². The van der Waals surface area contributed by atoms with Gasteiger partial charge >= 0.3 is 5.97 Å². The number of carbonyl (C=O) groups is 1. The van der Waals surface area contributed by atoms with Crippen molar-refractivity contribution < 1.29 is 23.4 Å². The lowest BCUT2D eigenvalue weighted by molar-refractivity contribution is 0.0561. The first-order valence-corrected chi connectivity index (χ1v) is 8.59. The molecule has 2 heterocycles. The van der Waals surface area contributed by atoms with Crippen LogP contribution in [0.5, 0.6) is 11.5 Å². The standard InChI is InChI=1S/C18H18N4O5S/c1-11-20-21-18(28)22(11)19-9-12-5-4-6-14(24-2)16(12)26-10-13-7-8-15(27-13)17(23)25-3/h4-9H,10H2,1-3H3,(H,21,28). The summed E-state index contributed by atoms with van der Waals surface area (Å²) >= 11 is 5.14. The molecule has 3 aromatic rings. The first-order chi connectivity index (χ1) is 13.5. The maximum atomic E-state index is 11.5. The number of esters is 1. The second-order valence-electron chi connectivity index (χ2n) is 5.56. The molecule has 3 rings (SSSR count). The van der Waals surface area contributed by atoms with Crippen LogP contribution in [0.4, 0.5) is 0 Å². The van der Waals surface area contributed by atoms with Gasteiger partial charge in [-0.05, 0) is 43.4 Å². The Hall–Kier alpha value is -3.40. The van der Waals surface area contributed by atoms with Crippen LogP contribution in [-0.2, 0) is 11.3 Å². The van der Waals surface area contributed by atoms with Gasteiger partial charge in [0, 0.05) is 5.56 Å². The van der Waals surface area contributed by atoms with Gasteiger partial charge in [-0.2, -0.15) is 14.9 Å². The largest absolute Gasteiger partial charge is 0.493 e. The highest BCUT2D eigenvalue weighted by atomic mass is 32.1. The fraction of sp³-hybridized carbons (Fsp3) is 0.222. The molecule has 146 valence electrons. The average molecular weight is 402 g/mol. The van der Waals surface area contributed by atoms with Crippen LogP contribution in [0.1, 0.15) is 27.7 Å². The lowest BCUT2D eigenvalue weighted by atomic mass is 10.2. The Labute approximate surface area is 165 Å². The van der Waals surface area contributed by atoms with Crippen molar-refractivity contribution in [3.8, 4) is 11.5 Å². The van der Waals surface area contributed by atoms with Gasteiger partial charge in [-0.25, -0.2) is 4.79 Å². The van der Waals surface area contributed by atoms with Gasteiger partial charge in [-0.3, -0.25) is 5.10 Å². The molecule has 28 heavy (non-hydrogen) atoms. The van der Waals surface area contributed by atoms with E-state index in [1.807, 2.05) is 12.1 Å². The zero-order valence-corrected chi connectivity index (χ0v) is 16.3. The third-order valence-electron chi connectivity index (χ3n) is 3.76.